The molecule has 1 aliphatic rings. The van der Waals surface area contributed by atoms with E-state index >= 15 is 0 Å². The molecule has 1 aromatic carbocycles. The number of carbonyl (C=O) groups excluding carboxylic acids is 1. The monoisotopic (exact) mass is 516 g/mol. The molecule has 1 aliphatic heterocycles. The van der Waals surface area contributed by atoms with Gasteiger partial charge >= 0.3 is 5.97 Å². The molecule has 0 radical (unpaired) electrons. The minimum absolute atomic E-state index is 0.0301. The Kier molecular flexibility index (Phi) is 9.85. The van der Waals surface area contributed by atoms with Crippen molar-refractivity contribution in [2.24, 2.45) is 5.41 Å². The number of benzene rings is 1. The van der Waals surface area contributed by atoms with Crippen molar-refractivity contribution in [3.63, 3.8) is 0 Å². The van der Waals surface area contributed by atoms with Crippen LogP contribution in [0.15, 0.2) is 34.0 Å². The van der Waals surface area contributed by atoms with Gasteiger partial charge in [-0.3, -0.25) is 0 Å². The molecule has 0 aliphatic carbocycles. The van der Waals surface area contributed by atoms with E-state index in [2.05, 4.69) is 37.3 Å². The molecule has 2 rings (SSSR count). The summed E-state index contributed by atoms with van der Waals surface area (Å²) < 4.78 is 52.9. The first-order valence-electron chi connectivity index (χ1n) is 11.5. The fraction of sp³-hybridized carbons (Fsp3) is 0.625. The molecule has 0 saturated heterocycles. The van der Waals surface area contributed by atoms with Gasteiger partial charge in [-0.05, 0) is 31.1 Å². The molecule has 192 valence electrons. The van der Waals surface area contributed by atoms with E-state index in [4.69, 9.17) is 4.74 Å². The van der Waals surface area contributed by atoms with E-state index in [1.165, 1.54) is 22.1 Å². The molecule has 0 bridgehead atoms. The quantitative estimate of drug-likeness (QED) is 0.193. The SMILES string of the molecule is CCCC[C@@H]1CN(CC(C)(C)C)c2cc(SC)c(O/C=C(\F)C(=O)OCC)cc2S(=O)(=O)N1C. The second-order valence-electron chi connectivity index (χ2n) is 9.53. The van der Waals surface area contributed by atoms with Gasteiger partial charge in [-0.1, -0.05) is 40.5 Å². The number of unbranched alkanes of at least 4 members (excludes halogenated alkanes) is 1. The number of nitrogens with zero attached hydrogens (tertiary/aromatic N) is 2. The summed E-state index contributed by atoms with van der Waals surface area (Å²) in [5.41, 5.74) is 0.534. The van der Waals surface area contributed by atoms with Crippen molar-refractivity contribution < 1.29 is 27.1 Å². The lowest BCUT2D eigenvalue weighted by molar-refractivity contribution is -0.140. The number of rotatable bonds is 9. The highest BCUT2D eigenvalue weighted by molar-refractivity contribution is 7.98. The highest BCUT2D eigenvalue weighted by atomic mass is 32.2. The number of anilines is 1. The Morgan fingerprint density at radius 2 is 1.97 bits per heavy atom. The van der Waals surface area contributed by atoms with Crippen LogP contribution in [0.2, 0.25) is 0 Å². The molecular formula is C24H37FN2O5S2. The van der Waals surface area contributed by atoms with Crippen LogP contribution in [0, 0.1) is 5.41 Å². The topological polar surface area (TPSA) is 76.1 Å². The van der Waals surface area contributed by atoms with Gasteiger partial charge in [-0.25, -0.2) is 13.2 Å². The van der Waals surface area contributed by atoms with Crippen LogP contribution in [-0.2, 0) is 19.6 Å². The Morgan fingerprint density at radius 1 is 1.29 bits per heavy atom. The minimum Gasteiger partial charge on any atom is -0.461 e. The van der Waals surface area contributed by atoms with E-state index in [1.807, 2.05) is 6.26 Å². The van der Waals surface area contributed by atoms with Crippen LogP contribution in [0.25, 0.3) is 0 Å². The first-order chi connectivity index (χ1) is 15.8. The number of hydrogen-bond donors (Lipinski definition) is 0. The zero-order valence-electron chi connectivity index (χ0n) is 21.2. The standard InChI is InChI=1S/C24H37FN2O5S2/c1-8-10-11-17-14-27(16-24(3,4)5)19-12-21(33-7)20(13-22(19)34(29,30)26(17)6)32-15-18(25)23(28)31-9-2/h12-13,15,17H,8-11,14,16H2,1-7H3/b18-15-/t17-/m1/s1. The number of thioether (sulfide) groups is 1. The Hall–Kier alpha value is -1.78. The maximum atomic E-state index is 14.1. The Labute approximate surface area is 207 Å². The van der Waals surface area contributed by atoms with Crippen molar-refractivity contribution in [3.8, 4) is 5.75 Å². The van der Waals surface area contributed by atoms with Gasteiger partial charge in [-0.2, -0.15) is 8.70 Å². The summed E-state index contributed by atoms with van der Waals surface area (Å²) in [6.07, 6.45) is 5.14. The third-order valence-electron chi connectivity index (χ3n) is 5.50. The summed E-state index contributed by atoms with van der Waals surface area (Å²) in [5.74, 6) is -2.17. The lowest BCUT2D eigenvalue weighted by atomic mass is 9.95. The highest BCUT2D eigenvalue weighted by Crippen LogP contribution is 2.42. The van der Waals surface area contributed by atoms with E-state index in [0.717, 1.165) is 19.3 Å². The van der Waals surface area contributed by atoms with Gasteiger partial charge in [-0.15, -0.1) is 11.8 Å². The van der Waals surface area contributed by atoms with E-state index in [0.29, 0.717) is 29.9 Å². The predicted octanol–water partition coefficient (Wildman–Crippen LogP) is 5.21. The average molecular weight is 517 g/mol. The zero-order valence-corrected chi connectivity index (χ0v) is 22.8. The molecular weight excluding hydrogens is 479 g/mol. The fourth-order valence-electron chi connectivity index (χ4n) is 3.85. The number of likely N-dealkylation sites (N-methyl/N-ethyl adjacent to an activating group) is 1. The minimum atomic E-state index is -3.84. The number of carbonyl (C=O) groups is 1. The normalized spacial score (nSPS) is 18.9. The molecule has 1 heterocycles. The van der Waals surface area contributed by atoms with Gasteiger partial charge in [0.2, 0.25) is 15.9 Å². The summed E-state index contributed by atoms with van der Waals surface area (Å²) in [6.45, 7) is 11.3. The van der Waals surface area contributed by atoms with Gasteiger partial charge in [0.05, 0.1) is 17.2 Å². The number of hydrogen-bond acceptors (Lipinski definition) is 7. The molecule has 0 amide bonds. The van der Waals surface area contributed by atoms with Crippen molar-refractivity contribution in [3.05, 3.63) is 24.2 Å². The first kappa shape index (κ1) is 28.5. The molecule has 0 N–H and O–H groups in total. The van der Waals surface area contributed by atoms with Crippen molar-refractivity contribution in [1.82, 2.24) is 4.31 Å². The summed E-state index contributed by atoms with van der Waals surface area (Å²) >= 11 is 1.35. The van der Waals surface area contributed by atoms with Crippen LogP contribution in [-0.4, -0.2) is 57.7 Å². The molecule has 0 spiro atoms. The maximum absolute atomic E-state index is 14.1. The third kappa shape index (κ3) is 6.88. The Morgan fingerprint density at radius 3 is 2.53 bits per heavy atom. The van der Waals surface area contributed by atoms with Gasteiger partial charge in [0.15, 0.2) is 0 Å². The van der Waals surface area contributed by atoms with Crippen LogP contribution in [0.1, 0.15) is 53.9 Å². The molecule has 0 saturated carbocycles. The number of fused-ring (bicyclic) bond motifs is 1. The summed E-state index contributed by atoms with van der Waals surface area (Å²) in [6, 6.07) is 3.04. The summed E-state index contributed by atoms with van der Waals surface area (Å²) in [4.78, 5) is 14.5. The number of esters is 1. The predicted molar refractivity (Wildman–Crippen MR) is 135 cm³/mol. The molecule has 34 heavy (non-hydrogen) atoms. The second-order valence-corrected chi connectivity index (χ2v) is 12.3. The van der Waals surface area contributed by atoms with Gasteiger partial charge in [0.1, 0.15) is 16.9 Å². The van der Waals surface area contributed by atoms with Crippen molar-refractivity contribution >= 4 is 33.4 Å². The van der Waals surface area contributed by atoms with E-state index in [9.17, 15) is 17.6 Å². The molecule has 1 aromatic rings. The maximum Gasteiger partial charge on any atom is 0.370 e. The summed E-state index contributed by atoms with van der Waals surface area (Å²) in [5, 5.41) is 0. The van der Waals surface area contributed by atoms with Gasteiger partial charge in [0, 0.05) is 32.2 Å². The van der Waals surface area contributed by atoms with Crippen LogP contribution < -0.4 is 9.64 Å². The van der Waals surface area contributed by atoms with Crippen molar-refractivity contribution in [1.29, 1.82) is 0 Å². The van der Waals surface area contributed by atoms with Gasteiger partial charge in [0.25, 0.3) is 0 Å². The van der Waals surface area contributed by atoms with E-state index < -0.39 is 21.8 Å². The molecule has 0 aromatic heterocycles. The third-order valence-corrected chi connectivity index (χ3v) is 8.20. The van der Waals surface area contributed by atoms with Gasteiger partial charge < -0.3 is 14.4 Å². The molecule has 0 fully saturated rings. The first-order valence-corrected chi connectivity index (χ1v) is 14.2. The molecule has 1 atom stereocenters. The Bertz CT molecular complexity index is 1010. The van der Waals surface area contributed by atoms with Crippen LogP contribution in [0.4, 0.5) is 10.1 Å². The summed E-state index contributed by atoms with van der Waals surface area (Å²) in [7, 11) is -2.23. The average Bonchev–Trinajstić information content (AvgIpc) is 2.83. The number of halogens is 1. The number of ether oxygens (including phenoxy) is 2. The Balaban J connectivity index is 2.62. The van der Waals surface area contributed by atoms with E-state index in [1.54, 1.807) is 20.0 Å². The second kappa shape index (κ2) is 11.8. The van der Waals surface area contributed by atoms with Crippen molar-refractivity contribution in [2.45, 2.75) is 69.7 Å². The van der Waals surface area contributed by atoms with Crippen LogP contribution in [0.5, 0.6) is 5.75 Å². The lowest BCUT2D eigenvalue weighted by Crippen LogP contribution is -2.43. The lowest BCUT2D eigenvalue weighted by Gasteiger charge is -2.34. The number of sulfonamides is 1. The smallest absolute Gasteiger partial charge is 0.370 e. The molecule has 0 unspecified atom stereocenters. The van der Waals surface area contributed by atoms with Crippen LogP contribution >= 0.6 is 11.8 Å². The fourth-order valence-corrected chi connectivity index (χ4v) is 5.97. The largest absolute Gasteiger partial charge is 0.461 e. The molecule has 7 nitrogen and oxygen atoms in total. The van der Waals surface area contributed by atoms with Crippen LogP contribution in [0.3, 0.4) is 0 Å². The van der Waals surface area contributed by atoms with E-state index in [-0.39, 0.29) is 28.7 Å². The molecule has 10 heteroatoms. The van der Waals surface area contributed by atoms with Crippen molar-refractivity contribution in [2.75, 3.05) is 37.9 Å². The highest BCUT2D eigenvalue weighted by Gasteiger charge is 2.38. The zero-order chi connectivity index (χ0) is 25.7.